The van der Waals surface area contributed by atoms with Gasteiger partial charge < -0.3 is 14.2 Å². The van der Waals surface area contributed by atoms with Crippen LogP contribution in [-0.4, -0.2) is 34.1 Å². The maximum absolute atomic E-state index is 13.7. The highest BCUT2D eigenvalue weighted by Crippen LogP contribution is 2.36. The number of carbonyl (C=O) groups excluding carboxylic acids is 1. The summed E-state index contributed by atoms with van der Waals surface area (Å²) in [7, 11) is 1.40. The summed E-state index contributed by atoms with van der Waals surface area (Å²) in [4.78, 5) is 53.8. The summed E-state index contributed by atoms with van der Waals surface area (Å²) in [5.74, 6) is -0.304. The first-order valence-corrected chi connectivity index (χ1v) is 14.4. The number of esters is 1. The molecule has 0 spiro atoms. The number of carbonyl (C=O) groups is 1. The smallest absolute Gasteiger partial charge is 0.338 e. The van der Waals surface area contributed by atoms with Crippen LogP contribution in [0.5, 0.6) is 11.5 Å². The lowest BCUT2D eigenvalue weighted by Crippen LogP contribution is -2.35. The fraction of sp³-hybridized carbons (Fsp3) is 0.194. The third kappa shape index (κ3) is 6.21. The molecule has 1 aromatic heterocycles. The second-order valence-corrected chi connectivity index (χ2v) is 10.7. The standard InChI is InChI=1S/C31H26N4O9S/c1-4-43-30(37)27-18(2)33-29(36)26(45-31(33)32-28(27)20-10-12-22(13-11-20)34(38)39)15-21-14-24(42-3)25(16-23(21)35(40)41)44-17-19-8-6-5-7-9-19/h5-16,28H,4,17H2,1-3H3/b26-15-/t28-/m0/s1. The van der Waals surface area contributed by atoms with E-state index in [1.165, 1.54) is 54.2 Å². The molecule has 0 N–H and O–H groups in total. The quantitative estimate of drug-likeness (QED) is 0.141. The lowest BCUT2D eigenvalue weighted by molar-refractivity contribution is -0.385. The van der Waals surface area contributed by atoms with Crippen LogP contribution in [0.2, 0.25) is 0 Å². The number of thiazole rings is 1. The third-order valence-electron chi connectivity index (χ3n) is 6.99. The lowest BCUT2D eigenvalue weighted by atomic mass is 9.96. The van der Waals surface area contributed by atoms with Crippen LogP contribution in [0.3, 0.4) is 0 Å². The highest BCUT2D eigenvalue weighted by Gasteiger charge is 2.32. The number of rotatable bonds is 10. The summed E-state index contributed by atoms with van der Waals surface area (Å²) in [6.45, 7) is 3.44. The number of hydrogen-bond acceptors (Lipinski definition) is 11. The number of methoxy groups -OCH3 is 1. The number of nitrogens with zero attached hydrogens (tertiary/aromatic N) is 4. The number of allylic oxidation sites excluding steroid dienone is 1. The van der Waals surface area contributed by atoms with Gasteiger partial charge >= 0.3 is 5.97 Å². The van der Waals surface area contributed by atoms with Crippen molar-refractivity contribution >= 4 is 40.5 Å². The van der Waals surface area contributed by atoms with Crippen molar-refractivity contribution < 1.29 is 28.9 Å². The molecule has 1 aliphatic heterocycles. The molecule has 0 radical (unpaired) electrons. The van der Waals surface area contributed by atoms with Gasteiger partial charge in [-0.25, -0.2) is 9.79 Å². The van der Waals surface area contributed by atoms with Gasteiger partial charge in [0.2, 0.25) is 0 Å². The summed E-state index contributed by atoms with van der Waals surface area (Å²) in [6.07, 6.45) is 1.37. The largest absolute Gasteiger partial charge is 0.493 e. The van der Waals surface area contributed by atoms with Crippen LogP contribution < -0.4 is 24.4 Å². The molecule has 4 aromatic rings. The SMILES string of the molecule is CCOC(=O)C1=C(C)n2c(s/c(=C\c3cc(OC)c(OCc4ccccc4)cc3[N+](=O)[O-])c2=O)=N[C@H]1c1ccc([N+](=O)[O-])cc1. The zero-order chi connectivity index (χ0) is 32.2. The Morgan fingerprint density at radius 1 is 1.04 bits per heavy atom. The number of fused-ring (bicyclic) bond motifs is 1. The van der Waals surface area contributed by atoms with Crippen LogP contribution in [0.15, 0.2) is 82.1 Å². The van der Waals surface area contributed by atoms with E-state index >= 15 is 0 Å². The fourth-order valence-corrected chi connectivity index (χ4v) is 5.85. The molecule has 0 aliphatic carbocycles. The molecule has 0 bridgehead atoms. The molecule has 0 saturated heterocycles. The van der Waals surface area contributed by atoms with Crippen molar-refractivity contribution in [1.82, 2.24) is 4.57 Å². The van der Waals surface area contributed by atoms with Gasteiger partial charge in [-0.05, 0) is 49.2 Å². The molecule has 45 heavy (non-hydrogen) atoms. The van der Waals surface area contributed by atoms with Crippen LogP contribution in [0.1, 0.15) is 36.6 Å². The van der Waals surface area contributed by atoms with E-state index in [9.17, 15) is 29.8 Å². The minimum atomic E-state index is -0.911. The first-order chi connectivity index (χ1) is 21.6. The van der Waals surface area contributed by atoms with Gasteiger partial charge in [-0.2, -0.15) is 0 Å². The van der Waals surface area contributed by atoms with Gasteiger partial charge in [-0.1, -0.05) is 41.7 Å². The average molecular weight is 631 g/mol. The van der Waals surface area contributed by atoms with Crippen molar-refractivity contribution in [3.63, 3.8) is 0 Å². The summed E-state index contributed by atoms with van der Waals surface area (Å²) in [5, 5.41) is 23.3. The van der Waals surface area contributed by atoms with E-state index in [1.54, 1.807) is 13.8 Å². The van der Waals surface area contributed by atoms with E-state index in [0.717, 1.165) is 16.9 Å². The van der Waals surface area contributed by atoms with Gasteiger partial charge in [0.05, 0.1) is 45.3 Å². The Kier molecular flexibility index (Phi) is 8.86. The number of non-ortho nitro benzene ring substituents is 1. The van der Waals surface area contributed by atoms with E-state index < -0.39 is 27.4 Å². The Hall–Kier alpha value is -5.63. The topological polar surface area (TPSA) is 165 Å². The molecular formula is C31H26N4O9S. The van der Waals surface area contributed by atoms with Gasteiger partial charge in [0.25, 0.3) is 16.9 Å². The van der Waals surface area contributed by atoms with Crippen molar-refractivity contribution in [2.45, 2.75) is 26.5 Å². The van der Waals surface area contributed by atoms with Crippen molar-refractivity contribution in [2.75, 3.05) is 13.7 Å². The Morgan fingerprint density at radius 2 is 1.76 bits per heavy atom. The van der Waals surface area contributed by atoms with Crippen molar-refractivity contribution in [2.24, 2.45) is 4.99 Å². The number of aromatic nitrogens is 1. The maximum Gasteiger partial charge on any atom is 0.338 e. The van der Waals surface area contributed by atoms with E-state index in [0.29, 0.717) is 5.56 Å². The van der Waals surface area contributed by atoms with Gasteiger partial charge in [-0.15, -0.1) is 0 Å². The number of nitro benzene ring substituents is 2. The van der Waals surface area contributed by atoms with Crippen LogP contribution in [-0.2, 0) is 16.1 Å². The van der Waals surface area contributed by atoms with Crippen molar-refractivity contribution in [3.8, 4) is 11.5 Å². The Bertz CT molecular complexity index is 2020. The maximum atomic E-state index is 13.7. The Balaban J connectivity index is 1.63. The predicted octanol–water partition coefficient (Wildman–Crippen LogP) is 4.31. The highest BCUT2D eigenvalue weighted by molar-refractivity contribution is 7.07. The zero-order valence-electron chi connectivity index (χ0n) is 24.3. The Morgan fingerprint density at radius 3 is 2.38 bits per heavy atom. The molecule has 5 rings (SSSR count). The predicted molar refractivity (Wildman–Crippen MR) is 165 cm³/mol. The molecule has 0 unspecified atom stereocenters. The summed E-state index contributed by atoms with van der Waals surface area (Å²) < 4.78 is 17.9. The monoisotopic (exact) mass is 630 g/mol. The molecule has 13 nitrogen and oxygen atoms in total. The Labute approximate surface area is 259 Å². The van der Waals surface area contributed by atoms with E-state index in [2.05, 4.69) is 4.99 Å². The zero-order valence-corrected chi connectivity index (χ0v) is 25.1. The van der Waals surface area contributed by atoms with Gasteiger partial charge in [0.15, 0.2) is 16.3 Å². The van der Waals surface area contributed by atoms with Crippen LogP contribution in [0.4, 0.5) is 11.4 Å². The van der Waals surface area contributed by atoms with Gasteiger partial charge in [-0.3, -0.25) is 29.6 Å². The average Bonchev–Trinajstić information content (AvgIpc) is 3.35. The number of benzene rings is 3. The number of ether oxygens (including phenoxy) is 3. The summed E-state index contributed by atoms with van der Waals surface area (Å²) >= 11 is 0.979. The molecule has 0 saturated carbocycles. The van der Waals surface area contributed by atoms with E-state index in [1.807, 2.05) is 30.3 Å². The molecule has 2 heterocycles. The molecule has 230 valence electrons. The second kappa shape index (κ2) is 12.9. The van der Waals surface area contributed by atoms with Crippen LogP contribution in [0.25, 0.3) is 11.8 Å². The van der Waals surface area contributed by atoms with E-state index in [-0.39, 0.29) is 62.3 Å². The summed E-state index contributed by atoms with van der Waals surface area (Å²) in [6, 6.07) is 16.6. The first kappa shape index (κ1) is 30.8. The van der Waals surface area contributed by atoms with Crippen molar-refractivity contribution in [3.05, 3.63) is 129 Å². The van der Waals surface area contributed by atoms with E-state index in [4.69, 9.17) is 14.2 Å². The van der Waals surface area contributed by atoms with Crippen molar-refractivity contribution in [1.29, 1.82) is 0 Å². The number of nitro groups is 2. The molecule has 1 aliphatic rings. The lowest BCUT2D eigenvalue weighted by Gasteiger charge is -2.22. The minimum absolute atomic E-state index is 0.0730. The van der Waals surface area contributed by atoms with Gasteiger partial charge in [0, 0.05) is 17.8 Å². The molecule has 0 fully saturated rings. The molecule has 0 amide bonds. The minimum Gasteiger partial charge on any atom is -0.493 e. The molecular weight excluding hydrogens is 604 g/mol. The normalized spacial score (nSPS) is 14.4. The number of hydrogen-bond donors (Lipinski definition) is 0. The summed E-state index contributed by atoms with van der Waals surface area (Å²) in [5.41, 5.74) is 0.804. The fourth-order valence-electron chi connectivity index (χ4n) is 4.82. The van der Waals surface area contributed by atoms with Crippen LogP contribution in [0, 0.1) is 20.2 Å². The van der Waals surface area contributed by atoms with Crippen LogP contribution >= 0.6 is 11.3 Å². The van der Waals surface area contributed by atoms with Gasteiger partial charge in [0.1, 0.15) is 12.6 Å². The molecule has 1 atom stereocenters. The molecule has 3 aromatic carbocycles. The third-order valence-corrected chi connectivity index (χ3v) is 7.98. The first-order valence-electron chi connectivity index (χ1n) is 13.6. The highest BCUT2D eigenvalue weighted by atomic mass is 32.1. The molecule has 14 heteroatoms. The second-order valence-electron chi connectivity index (χ2n) is 9.73.